The van der Waals surface area contributed by atoms with Gasteiger partial charge < -0.3 is 14.8 Å². The van der Waals surface area contributed by atoms with Crippen molar-refractivity contribution < 1.29 is 14.3 Å². The number of para-hydroxylation sites is 1. The van der Waals surface area contributed by atoms with Crippen molar-refractivity contribution in [2.45, 2.75) is 45.8 Å². The van der Waals surface area contributed by atoms with E-state index in [2.05, 4.69) is 5.32 Å². The lowest BCUT2D eigenvalue weighted by atomic mass is 9.78. The first-order chi connectivity index (χ1) is 10.4. The molecule has 4 nitrogen and oxygen atoms in total. The van der Waals surface area contributed by atoms with E-state index < -0.39 is 5.72 Å². The Bertz CT molecular complexity index is 635. The van der Waals surface area contributed by atoms with E-state index in [9.17, 15) is 4.79 Å². The number of ether oxygens (including phenoxy) is 2. The zero-order chi connectivity index (χ0) is 15.9. The van der Waals surface area contributed by atoms with Crippen LogP contribution < -0.4 is 10.1 Å². The number of benzene rings is 1. The first kappa shape index (κ1) is 14.9. The minimum absolute atomic E-state index is 0.0239. The van der Waals surface area contributed by atoms with Crippen LogP contribution in [0.2, 0.25) is 0 Å². The average molecular weight is 301 g/mol. The molecule has 2 atom stereocenters. The van der Waals surface area contributed by atoms with Crippen molar-refractivity contribution in [1.82, 2.24) is 5.32 Å². The Morgan fingerprint density at radius 3 is 2.91 bits per heavy atom. The highest BCUT2D eigenvalue weighted by Crippen LogP contribution is 2.47. The van der Waals surface area contributed by atoms with Crippen LogP contribution in [0.4, 0.5) is 0 Å². The summed E-state index contributed by atoms with van der Waals surface area (Å²) in [5.41, 5.74) is 2.18. The van der Waals surface area contributed by atoms with Gasteiger partial charge in [0.2, 0.25) is 0 Å². The molecule has 0 saturated carbocycles. The molecule has 3 rings (SSSR count). The molecule has 2 aliphatic heterocycles. The third-order valence-electron chi connectivity index (χ3n) is 4.20. The number of carbonyl (C=O) groups is 1. The summed E-state index contributed by atoms with van der Waals surface area (Å²) >= 11 is 0. The van der Waals surface area contributed by atoms with E-state index >= 15 is 0 Å². The summed E-state index contributed by atoms with van der Waals surface area (Å²) in [6.07, 6.45) is 0.730. The van der Waals surface area contributed by atoms with Gasteiger partial charge in [-0.25, -0.2) is 4.79 Å². The van der Waals surface area contributed by atoms with Gasteiger partial charge in [-0.3, -0.25) is 0 Å². The third kappa shape index (κ3) is 2.58. The molecule has 0 fully saturated rings. The molecular weight excluding hydrogens is 278 g/mol. The van der Waals surface area contributed by atoms with Gasteiger partial charge in [0.05, 0.1) is 12.2 Å². The summed E-state index contributed by atoms with van der Waals surface area (Å²) in [6.45, 7) is 8.46. The van der Waals surface area contributed by atoms with Crippen LogP contribution in [0.1, 0.15) is 45.6 Å². The van der Waals surface area contributed by atoms with Crippen LogP contribution >= 0.6 is 0 Å². The fraction of sp³-hybridized carbons (Fsp3) is 0.500. The molecule has 1 aromatic rings. The standard InChI is InChI=1S/C18H23NO3/c1-11(2)10-21-17(20)16-12(3)19-18(4)9-14(16)13-7-5-6-8-15(13)22-18/h5-8,11,14,19H,9-10H2,1-4H3. The van der Waals surface area contributed by atoms with Gasteiger partial charge in [-0.2, -0.15) is 0 Å². The fourth-order valence-corrected chi connectivity index (χ4v) is 3.32. The van der Waals surface area contributed by atoms with E-state index in [-0.39, 0.29) is 11.9 Å². The maximum atomic E-state index is 12.6. The monoisotopic (exact) mass is 301 g/mol. The van der Waals surface area contributed by atoms with Crippen LogP contribution in [0.25, 0.3) is 0 Å². The van der Waals surface area contributed by atoms with Crippen LogP contribution in [0.3, 0.4) is 0 Å². The van der Waals surface area contributed by atoms with Crippen LogP contribution in [0, 0.1) is 5.92 Å². The molecule has 2 unspecified atom stereocenters. The first-order valence-corrected chi connectivity index (χ1v) is 7.83. The van der Waals surface area contributed by atoms with Crippen LogP contribution in [0.15, 0.2) is 35.5 Å². The minimum Gasteiger partial charge on any atom is -0.468 e. The summed E-state index contributed by atoms with van der Waals surface area (Å²) in [6, 6.07) is 7.93. The normalized spacial score (nSPS) is 26.1. The second-order valence-corrected chi connectivity index (χ2v) is 6.78. The lowest BCUT2D eigenvalue weighted by molar-refractivity contribution is -0.141. The summed E-state index contributed by atoms with van der Waals surface area (Å²) in [4.78, 5) is 12.6. The molecule has 0 aliphatic carbocycles. The molecule has 0 amide bonds. The van der Waals surface area contributed by atoms with Gasteiger partial charge in [-0.15, -0.1) is 0 Å². The number of fused-ring (bicyclic) bond motifs is 4. The van der Waals surface area contributed by atoms with Crippen LogP contribution in [-0.2, 0) is 9.53 Å². The van der Waals surface area contributed by atoms with Crippen LogP contribution in [-0.4, -0.2) is 18.3 Å². The van der Waals surface area contributed by atoms with E-state index in [0.29, 0.717) is 12.5 Å². The van der Waals surface area contributed by atoms with Crippen molar-refractivity contribution in [3.63, 3.8) is 0 Å². The Labute approximate surface area is 131 Å². The average Bonchev–Trinajstić information content (AvgIpc) is 2.43. The topological polar surface area (TPSA) is 47.6 Å². The van der Waals surface area contributed by atoms with E-state index in [1.54, 1.807) is 0 Å². The maximum Gasteiger partial charge on any atom is 0.336 e. The smallest absolute Gasteiger partial charge is 0.336 e. The lowest BCUT2D eigenvalue weighted by Gasteiger charge is -2.45. The van der Waals surface area contributed by atoms with Gasteiger partial charge in [0.25, 0.3) is 0 Å². The van der Waals surface area contributed by atoms with Gasteiger partial charge >= 0.3 is 5.97 Å². The van der Waals surface area contributed by atoms with E-state index in [1.165, 1.54) is 0 Å². The molecule has 118 valence electrons. The number of rotatable bonds is 3. The molecule has 22 heavy (non-hydrogen) atoms. The van der Waals surface area contributed by atoms with E-state index in [1.807, 2.05) is 52.0 Å². The molecule has 0 spiro atoms. The molecular formula is C18H23NO3. The summed E-state index contributed by atoms with van der Waals surface area (Å²) in [5.74, 6) is 0.974. The third-order valence-corrected chi connectivity index (χ3v) is 4.20. The Hall–Kier alpha value is -1.97. The Balaban J connectivity index is 1.98. The molecule has 2 aliphatic rings. The molecule has 4 heteroatoms. The number of carbonyl (C=O) groups excluding carboxylic acids is 1. The SMILES string of the molecule is CC1=C(C(=O)OCC(C)C)C2CC(C)(N1)Oc1ccccc12. The molecule has 0 saturated heterocycles. The largest absolute Gasteiger partial charge is 0.468 e. The Morgan fingerprint density at radius 1 is 1.45 bits per heavy atom. The summed E-state index contributed by atoms with van der Waals surface area (Å²) in [7, 11) is 0. The zero-order valence-corrected chi connectivity index (χ0v) is 13.6. The van der Waals surface area contributed by atoms with Gasteiger partial charge in [0, 0.05) is 23.6 Å². The summed E-state index contributed by atoms with van der Waals surface area (Å²) < 4.78 is 11.6. The molecule has 2 bridgehead atoms. The van der Waals surface area contributed by atoms with E-state index in [4.69, 9.17) is 9.47 Å². The predicted octanol–water partition coefficient (Wildman–Crippen LogP) is 3.35. The second-order valence-electron chi connectivity index (χ2n) is 6.78. The highest BCUT2D eigenvalue weighted by Gasteiger charge is 2.45. The quantitative estimate of drug-likeness (QED) is 0.870. The van der Waals surface area contributed by atoms with Gasteiger partial charge in [0.1, 0.15) is 5.75 Å². The van der Waals surface area contributed by atoms with Gasteiger partial charge in [-0.05, 0) is 25.8 Å². The van der Waals surface area contributed by atoms with Crippen molar-refractivity contribution >= 4 is 5.97 Å². The van der Waals surface area contributed by atoms with Crippen molar-refractivity contribution in [2.75, 3.05) is 6.61 Å². The lowest BCUT2D eigenvalue weighted by Crippen LogP contribution is -2.54. The Morgan fingerprint density at radius 2 is 2.18 bits per heavy atom. The zero-order valence-electron chi connectivity index (χ0n) is 13.6. The predicted molar refractivity (Wildman–Crippen MR) is 84.5 cm³/mol. The van der Waals surface area contributed by atoms with Crippen molar-refractivity contribution in [3.8, 4) is 5.75 Å². The summed E-state index contributed by atoms with van der Waals surface area (Å²) in [5, 5.41) is 3.34. The van der Waals surface area contributed by atoms with Gasteiger partial charge in [-0.1, -0.05) is 32.0 Å². The second kappa shape index (κ2) is 5.34. The van der Waals surface area contributed by atoms with Gasteiger partial charge in [0.15, 0.2) is 5.72 Å². The number of hydrogen-bond acceptors (Lipinski definition) is 4. The maximum absolute atomic E-state index is 12.6. The number of nitrogens with one attached hydrogen (secondary N) is 1. The molecule has 1 N–H and O–H groups in total. The van der Waals surface area contributed by atoms with Crippen LogP contribution in [0.5, 0.6) is 5.75 Å². The number of allylic oxidation sites excluding steroid dienone is 1. The molecule has 0 radical (unpaired) electrons. The van der Waals surface area contributed by atoms with Crippen molar-refractivity contribution in [2.24, 2.45) is 5.92 Å². The number of esters is 1. The minimum atomic E-state index is -0.467. The number of hydrogen-bond donors (Lipinski definition) is 1. The Kier molecular flexibility index (Phi) is 3.63. The van der Waals surface area contributed by atoms with Crippen molar-refractivity contribution in [1.29, 1.82) is 0 Å². The highest BCUT2D eigenvalue weighted by molar-refractivity contribution is 5.91. The molecule has 1 aromatic carbocycles. The van der Waals surface area contributed by atoms with Crippen molar-refractivity contribution in [3.05, 3.63) is 41.1 Å². The molecule has 0 aromatic heterocycles. The fourth-order valence-electron chi connectivity index (χ4n) is 3.32. The van der Waals surface area contributed by atoms with E-state index in [0.717, 1.165) is 29.0 Å². The highest BCUT2D eigenvalue weighted by atomic mass is 16.5. The molecule has 2 heterocycles. The first-order valence-electron chi connectivity index (χ1n) is 7.83.